The molecule has 0 radical (unpaired) electrons. The number of aromatic nitrogens is 1. The molecule has 0 unspecified atom stereocenters. The van der Waals surface area contributed by atoms with Crippen LogP contribution in [0.3, 0.4) is 0 Å². The average Bonchev–Trinajstić information content (AvgIpc) is 2.69. The Kier molecular flexibility index (Phi) is 7.36. The molecular weight excluding hydrogens is 408 g/mol. The van der Waals surface area contributed by atoms with Crippen LogP contribution in [0.25, 0.3) is 0 Å². The van der Waals surface area contributed by atoms with Crippen molar-refractivity contribution < 1.29 is 27.9 Å². The molecule has 3 rings (SSSR count). The van der Waals surface area contributed by atoms with Crippen molar-refractivity contribution in [2.24, 2.45) is 5.41 Å². The number of hydrogen-bond acceptors (Lipinski definition) is 7. The zero-order valence-electron chi connectivity index (χ0n) is 14.9. The minimum absolute atomic E-state index is 0. The number of carbonyl (C=O) groups excluding carboxylic acids is 1. The molecule has 28 heavy (non-hydrogen) atoms. The Morgan fingerprint density at radius 2 is 1.68 bits per heavy atom. The van der Waals surface area contributed by atoms with Gasteiger partial charge in [-0.25, -0.2) is 13.9 Å². The largest absolute Gasteiger partial charge is 0.457 e. The van der Waals surface area contributed by atoms with Crippen molar-refractivity contribution in [3.05, 3.63) is 48.8 Å². The predicted molar refractivity (Wildman–Crippen MR) is 102 cm³/mol. The summed E-state index contributed by atoms with van der Waals surface area (Å²) in [5, 5.41) is 9.04. The van der Waals surface area contributed by atoms with Crippen LogP contribution in [0.1, 0.15) is 12.8 Å². The molecule has 1 amide bonds. The van der Waals surface area contributed by atoms with Crippen LogP contribution in [0, 0.1) is 5.41 Å². The first-order valence-corrected chi connectivity index (χ1v) is 10.0. The fourth-order valence-corrected chi connectivity index (χ4v) is 4.89. The molecule has 0 spiro atoms. The number of amides is 1. The summed E-state index contributed by atoms with van der Waals surface area (Å²) in [4.78, 5) is 16.1. The third-order valence-corrected chi connectivity index (χ3v) is 6.49. The Labute approximate surface area is 169 Å². The molecule has 2 heterocycles. The number of hydrogen-bond donors (Lipinski definition) is 2. The van der Waals surface area contributed by atoms with Crippen molar-refractivity contribution in [2.45, 2.75) is 17.7 Å². The Morgan fingerprint density at radius 3 is 2.25 bits per heavy atom. The normalized spacial score (nSPS) is 15.9. The third kappa shape index (κ3) is 4.99. The van der Waals surface area contributed by atoms with Gasteiger partial charge in [-0.2, -0.15) is 0 Å². The molecule has 0 atom stereocenters. The van der Waals surface area contributed by atoms with Gasteiger partial charge in [-0.05, 0) is 49.2 Å². The highest BCUT2D eigenvalue weighted by atomic mass is 35.5. The lowest BCUT2D eigenvalue weighted by Gasteiger charge is -2.34. The summed E-state index contributed by atoms with van der Waals surface area (Å²) in [6.45, 7) is 0.531. The van der Waals surface area contributed by atoms with E-state index in [-0.39, 0.29) is 43.4 Å². The lowest BCUT2D eigenvalue weighted by atomic mass is 9.81. The summed E-state index contributed by atoms with van der Waals surface area (Å²) in [6, 6.07) is 9.36. The van der Waals surface area contributed by atoms with E-state index in [2.05, 4.69) is 4.98 Å². The third-order valence-electron chi connectivity index (χ3n) is 4.57. The number of pyridine rings is 1. The minimum Gasteiger partial charge on any atom is -0.457 e. The zero-order chi connectivity index (χ0) is 19.3. The standard InChI is InChI=1S/C18H20N2O6S.ClH/c21-17(20-22)18(7-11-25-12-8-18)13-27(23,24)16-3-1-14(2-4-16)26-15-5-9-19-10-6-15;/h1-6,9-10,22H,7-8,11-13H2,(H,20,21);1H. The number of halogens is 1. The monoisotopic (exact) mass is 428 g/mol. The average molecular weight is 429 g/mol. The second-order valence-electron chi connectivity index (χ2n) is 6.35. The van der Waals surface area contributed by atoms with E-state index in [1.165, 1.54) is 12.1 Å². The maximum absolute atomic E-state index is 12.8. The number of benzene rings is 1. The van der Waals surface area contributed by atoms with Crippen LogP contribution in [-0.4, -0.2) is 43.5 Å². The van der Waals surface area contributed by atoms with E-state index in [4.69, 9.17) is 14.7 Å². The van der Waals surface area contributed by atoms with Gasteiger partial charge in [0.1, 0.15) is 11.5 Å². The second-order valence-corrected chi connectivity index (χ2v) is 8.34. The first-order chi connectivity index (χ1) is 13.0. The van der Waals surface area contributed by atoms with Crippen LogP contribution >= 0.6 is 12.4 Å². The van der Waals surface area contributed by atoms with Crippen molar-refractivity contribution >= 4 is 28.2 Å². The summed E-state index contributed by atoms with van der Waals surface area (Å²) in [5.41, 5.74) is 0.392. The molecule has 1 aliphatic rings. The fraction of sp³-hybridized carbons (Fsp3) is 0.333. The molecule has 1 fully saturated rings. The fourth-order valence-electron chi connectivity index (χ4n) is 3.02. The van der Waals surface area contributed by atoms with Crippen molar-refractivity contribution in [3.8, 4) is 11.5 Å². The van der Waals surface area contributed by atoms with Crippen LogP contribution in [0.4, 0.5) is 0 Å². The van der Waals surface area contributed by atoms with E-state index < -0.39 is 26.9 Å². The van der Waals surface area contributed by atoms with E-state index in [0.29, 0.717) is 11.5 Å². The van der Waals surface area contributed by atoms with Gasteiger partial charge in [-0.1, -0.05) is 0 Å². The van der Waals surface area contributed by atoms with Crippen molar-refractivity contribution in [3.63, 3.8) is 0 Å². The Hall–Kier alpha value is -2.20. The lowest BCUT2D eigenvalue weighted by molar-refractivity contribution is -0.143. The molecular formula is C18H21ClN2O6S. The number of ether oxygens (including phenoxy) is 2. The first-order valence-electron chi connectivity index (χ1n) is 8.38. The molecule has 0 aliphatic carbocycles. The van der Waals surface area contributed by atoms with E-state index in [1.807, 2.05) is 0 Å². The number of carbonyl (C=O) groups is 1. The van der Waals surface area contributed by atoms with Gasteiger partial charge in [0.15, 0.2) is 9.84 Å². The van der Waals surface area contributed by atoms with Crippen molar-refractivity contribution in [1.29, 1.82) is 0 Å². The van der Waals surface area contributed by atoms with Crippen molar-refractivity contribution in [1.82, 2.24) is 10.5 Å². The van der Waals surface area contributed by atoms with Gasteiger partial charge in [0, 0.05) is 25.6 Å². The summed E-state index contributed by atoms with van der Waals surface area (Å²) in [5.74, 6) is -0.0391. The zero-order valence-corrected chi connectivity index (χ0v) is 16.5. The highest BCUT2D eigenvalue weighted by Gasteiger charge is 2.44. The Morgan fingerprint density at radius 1 is 1.11 bits per heavy atom. The van der Waals surface area contributed by atoms with Gasteiger partial charge in [0.05, 0.1) is 16.1 Å². The van der Waals surface area contributed by atoms with Crippen LogP contribution in [-0.2, 0) is 19.4 Å². The molecule has 2 aromatic rings. The summed E-state index contributed by atoms with van der Waals surface area (Å²) in [6.07, 6.45) is 3.63. The number of nitrogens with one attached hydrogen (secondary N) is 1. The highest BCUT2D eigenvalue weighted by Crippen LogP contribution is 2.34. The predicted octanol–water partition coefficient (Wildman–Crippen LogP) is 2.37. The molecule has 0 saturated carbocycles. The summed E-state index contributed by atoms with van der Waals surface area (Å²) >= 11 is 0. The molecule has 1 saturated heterocycles. The van der Waals surface area contributed by atoms with Crippen LogP contribution in [0.15, 0.2) is 53.7 Å². The number of sulfone groups is 1. The molecule has 1 aromatic carbocycles. The summed E-state index contributed by atoms with van der Waals surface area (Å²) in [7, 11) is -3.76. The van der Waals surface area contributed by atoms with Gasteiger partial charge < -0.3 is 9.47 Å². The van der Waals surface area contributed by atoms with Crippen LogP contribution in [0.2, 0.25) is 0 Å². The maximum atomic E-state index is 12.8. The first kappa shape index (κ1) is 22.1. The molecule has 2 N–H and O–H groups in total. The van der Waals surface area contributed by atoms with Gasteiger partial charge in [-0.3, -0.25) is 15.0 Å². The number of rotatable bonds is 6. The molecule has 1 aromatic heterocycles. The van der Waals surface area contributed by atoms with Crippen molar-refractivity contribution in [2.75, 3.05) is 19.0 Å². The topological polar surface area (TPSA) is 115 Å². The van der Waals surface area contributed by atoms with E-state index in [9.17, 15) is 13.2 Å². The SMILES string of the molecule is Cl.O=C(NO)C1(CS(=O)(=O)c2ccc(Oc3ccncc3)cc2)CCOCC1. The maximum Gasteiger partial charge on any atom is 0.250 e. The lowest BCUT2D eigenvalue weighted by Crippen LogP contribution is -2.47. The molecule has 0 bridgehead atoms. The van der Waals surface area contributed by atoms with Gasteiger partial charge >= 0.3 is 0 Å². The number of nitrogens with zero attached hydrogens (tertiary/aromatic N) is 1. The van der Waals surface area contributed by atoms with Gasteiger partial charge in [0.2, 0.25) is 0 Å². The van der Waals surface area contributed by atoms with Crippen LogP contribution < -0.4 is 10.2 Å². The molecule has 8 nitrogen and oxygen atoms in total. The quantitative estimate of drug-likeness (QED) is 0.536. The van der Waals surface area contributed by atoms with E-state index in [1.54, 1.807) is 42.1 Å². The van der Waals surface area contributed by atoms with Gasteiger partial charge in [0.25, 0.3) is 5.91 Å². The van der Waals surface area contributed by atoms with Gasteiger partial charge in [-0.15, -0.1) is 12.4 Å². The van der Waals surface area contributed by atoms with E-state index in [0.717, 1.165) is 0 Å². The molecule has 1 aliphatic heterocycles. The number of hydroxylamine groups is 1. The van der Waals surface area contributed by atoms with E-state index >= 15 is 0 Å². The Balaban J connectivity index is 0.00000280. The Bertz CT molecular complexity index is 884. The molecule has 10 heteroatoms. The highest BCUT2D eigenvalue weighted by molar-refractivity contribution is 7.91. The minimum atomic E-state index is -3.76. The summed E-state index contributed by atoms with van der Waals surface area (Å²) < 4.78 is 36.5. The van der Waals surface area contributed by atoms with Crippen LogP contribution in [0.5, 0.6) is 11.5 Å². The smallest absolute Gasteiger partial charge is 0.250 e. The molecule has 152 valence electrons. The second kappa shape index (κ2) is 9.33.